The summed E-state index contributed by atoms with van der Waals surface area (Å²) in [4.78, 5) is 36.0. The Labute approximate surface area is 140 Å². The van der Waals surface area contributed by atoms with E-state index in [0.717, 1.165) is 0 Å². The molecule has 0 fully saturated rings. The van der Waals surface area contributed by atoms with Crippen molar-refractivity contribution in [3.8, 4) is 5.75 Å². The third-order valence-corrected chi connectivity index (χ3v) is 3.44. The average molecular weight is 339 g/mol. The number of nitrogens with two attached hydrogens (primary N) is 1. The minimum absolute atomic E-state index is 0.120. The zero-order valence-corrected chi connectivity index (χ0v) is 12.8. The Morgan fingerprint density at radius 3 is 2.40 bits per heavy atom. The molecule has 2 aromatic carbocycles. The molecule has 5 N–H and O–H groups in total. The van der Waals surface area contributed by atoms with Crippen LogP contribution in [0.25, 0.3) is 11.0 Å². The molecule has 0 aliphatic heterocycles. The molecular formula is C17H13N3O5. The van der Waals surface area contributed by atoms with E-state index in [-0.39, 0.29) is 22.6 Å². The predicted octanol–water partition coefficient (Wildman–Crippen LogP) is 1.16. The molecule has 0 aliphatic rings. The second kappa shape index (κ2) is 6.36. The summed E-state index contributed by atoms with van der Waals surface area (Å²) in [5, 5.41) is 10.2. The van der Waals surface area contributed by atoms with Gasteiger partial charge in [0.1, 0.15) is 16.9 Å². The molecule has 0 radical (unpaired) electrons. The molecule has 0 saturated heterocycles. The number of rotatable bonds is 2. The fourth-order valence-corrected chi connectivity index (χ4v) is 2.20. The number of fused-ring (bicyclic) bond motifs is 1. The first kappa shape index (κ1) is 16.1. The summed E-state index contributed by atoms with van der Waals surface area (Å²) >= 11 is 0. The van der Waals surface area contributed by atoms with Crippen molar-refractivity contribution < 1.29 is 19.1 Å². The summed E-state index contributed by atoms with van der Waals surface area (Å²) in [5.74, 6) is -1.94. The van der Waals surface area contributed by atoms with Gasteiger partial charge in [-0.1, -0.05) is 18.2 Å². The Morgan fingerprint density at radius 1 is 0.960 bits per heavy atom. The smallest absolute Gasteiger partial charge is 0.349 e. The van der Waals surface area contributed by atoms with Crippen LogP contribution < -0.4 is 22.2 Å². The number of carbonyl (C=O) groups excluding carboxylic acids is 2. The van der Waals surface area contributed by atoms with Crippen LogP contribution in [-0.4, -0.2) is 16.9 Å². The number of aromatic hydroxyl groups is 1. The molecule has 0 bridgehead atoms. The summed E-state index contributed by atoms with van der Waals surface area (Å²) < 4.78 is 5.05. The van der Waals surface area contributed by atoms with Gasteiger partial charge in [-0.25, -0.2) is 4.79 Å². The number of nitrogens with one attached hydrogen (secondary N) is 2. The van der Waals surface area contributed by atoms with E-state index < -0.39 is 17.4 Å². The Morgan fingerprint density at radius 2 is 1.64 bits per heavy atom. The minimum atomic E-state index is -0.851. The number of hydrogen-bond acceptors (Lipinski definition) is 6. The van der Waals surface area contributed by atoms with Gasteiger partial charge in [0.15, 0.2) is 0 Å². The monoisotopic (exact) mass is 339 g/mol. The molecule has 1 aromatic heterocycles. The Hall–Kier alpha value is -3.81. The van der Waals surface area contributed by atoms with Gasteiger partial charge in [0, 0.05) is 11.1 Å². The van der Waals surface area contributed by atoms with Crippen LogP contribution in [0.4, 0.5) is 5.69 Å². The first-order valence-electron chi connectivity index (χ1n) is 7.18. The van der Waals surface area contributed by atoms with E-state index >= 15 is 0 Å². The van der Waals surface area contributed by atoms with Crippen molar-refractivity contribution in [3.05, 3.63) is 70.1 Å². The number of anilines is 1. The van der Waals surface area contributed by atoms with Crippen molar-refractivity contribution in [2.45, 2.75) is 0 Å². The van der Waals surface area contributed by atoms with Crippen LogP contribution in [0.5, 0.6) is 5.75 Å². The molecule has 0 saturated carbocycles. The summed E-state index contributed by atoms with van der Waals surface area (Å²) in [7, 11) is 0. The lowest BCUT2D eigenvalue weighted by Gasteiger charge is -2.09. The topological polar surface area (TPSA) is 135 Å². The molecule has 126 valence electrons. The van der Waals surface area contributed by atoms with Crippen LogP contribution >= 0.6 is 0 Å². The number of hydrogen-bond donors (Lipinski definition) is 4. The van der Waals surface area contributed by atoms with Crippen LogP contribution in [-0.2, 0) is 0 Å². The molecule has 0 unspecified atom stereocenters. The minimum Gasteiger partial charge on any atom is -0.507 e. The summed E-state index contributed by atoms with van der Waals surface area (Å²) in [6.45, 7) is 0. The number of hydrazine groups is 1. The first-order chi connectivity index (χ1) is 12.0. The standard InChI is InChI=1S/C17H13N3O5/c18-10-5-6-13(21)11(8-10)15(22)19-20-16(23)12-7-9-3-1-2-4-14(9)25-17(12)24/h1-8,21H,18H2,(H,19,22)(H,20,23). The molecule has 1 heterocycles. The molecule has 2 amide bonds. The van der Waals surface area contributed by atoms with Crippen molar-refractivity contribution in [2.75, 3.05) is 5.73 Å². The lowest BCUT2D eigenvalue weighted by atomic mass is 10.1. The lowest BCUT2D eigenvalue weighted by molar-refractivity contribution is 0.0843. The van der Waals surface area contributed by atoms with E-state index in [9.17, 15) is 19.5 Å². The van der Waals surface area contributed by atoms with Crippen molar-refractivity contribution >= 4 is 28.5 Å². The summed E-state index contributed by atoms with van der Waals surface area (Å²) in [6.07, 6.45) is 0. The van der Waals surface area contributed by atoms with Gasteiger partial charge in [-0.2, -0.15) is 0 Å². The third kappa shape index (κ3) is 3.27. The highest BCUT2D eigenvalue weighted by Gasteiger charge is 2.16. The SMILES string of the molecule is Nc1ccc(O)c(C(=O)NNC(=O)c2cc3ccccc3oc2=O)c1. The van der Waals surface area contributed by atoms with Gasteiger partial charge in [0.2, 0.25) is 0 Å². The lowest BCUT2D eigenvalue weighted by Crippen LogP contribution is -2.43. The van der Waals surface area contributed by atoms with Crippen molar-refractivity contribution in [1.82, 2.24) is 10.9 Å². The van der Waals surface area contributed by atoms with Gasteiger partial charge >= 0.3 is 5.63 Å². The number of nitrogen functional groups attached to an aromatic ring is 1. The van der Waals surface area contributed by atoms with Crippen LogP contribution in [0.15, 0.2) is 57.7 Å². The molecular weight excluding hydrogens is 326 g/mol. The van der Waals surface area contributed by atoms with E-state index in [1.807, 2.05) is 0 Å². The number of carbonyl (C=O) groups is 2. The molecule has 25 heavy (non-hydrogen) atoms. The van der Waals surface area contributed by atoms with Crippen LogP contribution in [0, 0.1) is 0 Å². The van der Waals surface area contributed by atoms with Gasteiger partial charge in [0.25, 0.3) is 11.8 Å². The number of amides is 2. The highest BCUT2D eigenvalue weighted by molar-refractivity contribution is 6.01. The fourth-order valence-electron chi connectivity index (χ4n) is 2.20. The number of phenols is 1. The van der Waals surface area contributed by atoms with Gasteiger partial charge in [-0.15, -0.1) is 0 Å². The summed E-state index contributed by atoms with van der Waals surface area (Å²) in [6, 6.07) is 12.0. The normalized spacial score (nSPS) is 10.4. The fraction of sp³-hybridized carbons (Fsp3) is 0. The van der Waals surface area contributed by atoms with Crippen molar-refractivity contribution in [3.63, 3.8) is 0 Å². The van der Waals surface area contributed by atoms with Gasteiger partial charge in [-0.05, 0) is 30.3 Å². The second-order valence-corrected chi connectivity index (χ2v) is 5.17. The Kier molecular flexibility index (Phi) is 4.09. The van der Waals surface area contributed by atoms with Gasteiger partial charge in [0.05, 0.1) is 5.56 Å². The van der Waals surface area contributed by atoms with E-state index in [0.29, 0.717) is 11.0 Å². The van der Waals surface area contributed by atoms with Crippen LogP contribution in [0.3, 0.4) is 0 Å². The Bertz CT molecular complexity index is 1040. The molecule has 3 rings (SSSR count). The zero-order valence-electron chi connectivity index (χ0n) is 12.8. The maximum absolute atomic E-state index is 12.1. The van der Waals surface area contributed by atoms with Crippen molar-refractivity contribution in [2.24, 2.45) is 0 Å². The van der Waals surface area contributed by atoms with Crippen molar-refractivity contribution in [1.29, 1.82) is 0 Å². The number of benzene rings is 2. The van der Waals surface area contributed by atoms with E-state index in [1.165, 1.54) is 24.3 Å². The third-order valence-electron chi connectivity index (χ3n) is 3.44. The quantitative estimate of drug-likeness (QED) is 0.239. The van der Waals surface area contributed by atoms with E-state index in [1.54, 1.807) is 24.3 Å². The van der Waals surface area contributed by atoms with E-state index in [4.69, 9.17) is 10.2 Å². The molecule has 8 heteroatoms. The molecule has 3 aromatic rings. The highest BCUT2D eigenvalue weighted by atomic mass is 16.4. The van der Waals surface area contributed by atoms with Crippen LogP contribution in [0.1, 0.15) is 20.7 Å². The average Bonchev–Trinajstić information content (AvgIpc) is 2.60. The zero-order chi connectivity index (χ0) is 18.0. The number of phenolic OH excluding ortho intramolecular Hbond substituents is 1. The molecule has 0 aliphatic carbocycles. The van der Waals surface area contributed by atoms with Crippen LogP contribution in [0.2, 0.25) is 0 Å². The second-order valence-electron chi connectivity index (χ2n) is 5.17. The maximum atomic E-state index is 12.1. The molecule has 0 atom stereocenters. The van der Waals surface area contributed by atoms with Gasteiger partial charge < -0.3 is 15.3 Å². The highest BCUT2D eigenvalue weighted by Crippen LogP contribution is 2.19. The maximum Gasteiger partial charge on any atom is 0.349 e. The van der Waals surface area contributed by atoms with E-state index in [2.05, 4.69) is 10.9 Å². The summed E-state index contributed by atoms with van der Waals surface area (Å²) in [5.41, 5.74) is 9.15. The largest absolute Gasteiger partial charge is 0.507 e. The molecule has 8 nitrogen and oxygen atoms in total. The Balaban J connectivity index is 1.79. The van der Waals surface area contributed by atoms with Gasteiger partial charge in [-0.3, -0.25) is 20.4 Å². The predicted molar refractivity (Wildman–Crippen MR) is 89.9 cm³/mol. The first-order valence-corrected chi connectivity index (χ1v) is 7.18. The molecule has 0 spiro atoms. The number of para-hydroxylation sites is 1.